The maximum Gasteiger partial charge on any atom is 0.106 e. The highest BCUT2D eigenvalue weighted by Gasteiger charge is 1.82. The van der Waals surface area contributed by atoms with Crippen molar-refractivity contribution in [2.75, 3.05) is 7.11 Å². The summed E-state index contributed by atoms with van der Waals surface area (Å²) < 4.78 is 0. The van der Waals surface area contributed by atoms with Crippen LogP contribution in [-0.4, -0.2) is 18.3 Å². The van der Waals surface area contributed by atoms with Crippen LogP contribution >= 0.6 is 0 Å². The summed E-state index contributed by atoms with van der Waals surface area (Å²) in [7, 11) is 1.51. The molecule has 0 atom stereocenters. The van der Waals surface area contributed by atoms with Crippen LogP contribution in [0.25, 0.3) is 0 Å². The van der Waals surface area contributed by atoms with Crippen LogP contribution in [0.1, 0.15) is 5.56 Å². The molecule has 0 aliphatic heterocycles. The van der Waals surface area contributed by atoms with E-state index in [4.69, 9.17) is 0 Å². The third kappa shape index (κ3) is 1.85. The van der Waals surface area contributed by atoms with Crippen LogP contribution in [0.2, 0.25) is 0 Å². The molecule has 0 spiro atoms. The Hall–Kier alpha value is -1.38. The molecule has 1 aromatic heterocycles. The molecule has 0 fully saturated rings. The summed E-state index contributed by atoms with van der Waals surface area (Å²) in [5.41, 5.74) is 0.935. The molecule has 0 N–H and O–H groups in total. The number of oxime groups is 1. The summed E-state index contributed by atoms with van der Waals surface area (Å²) in [5.74, 6) is 0. The molecule has 0 aromatic carbocycles. The van der Waals surface area contributed by atoms with Gasteiger partial charge in [0, 0.05) is 18.0 Å². The minimum atomic E-state index is 0.935. The molecular formula is C7H8N2O. The van der Waals surface area contributed by atoms with Gasteiger partial charge in [0.25, 0.3) is 0 Å². The van der Waals surface area contributed by atoms with Crippen LogP contribution < -0.4 is 0 Å². The molecule has 3 nitrogen and oxygen atoms in total. The van der Waals surface area contributed by atoms with Crippen molar-refractivity contribution < 1.29 is 4.84 Å². The van der Waals surface area contributed by atoms with E-state index in [-0.39, 0.29) is 0 Å². The van der Waals surface area contributed by atoms with E-state index in [9.17, 15) is 0 Å². The van der Waals surface area contributed by atoms with Crippen LogP contribution in [0.3, 0.4) is 0 Å². The van der Waals surface area contributed by atoms with Gasteiger partial charge in [-0.05, 0) is 6.07 Å². The molecule has 1 aromatic rings. The van der Waals surface area contributed by atoms with Crippen molar-refractivity contribution >= 4 is 6.21 Å². The summed E-state index contributed by atoms with van der Waals surface area (Å²) in [6.07, 6.45) is 5.03. The predicted molar refractivity (Wildman–Crippen MR) is 38.8 cm³/mol. The van der Waals surface area contributed by atoms with Crippen LogP contribution in [0.5, 0.6) is 0 Å². The summed E-state index contributed by atoms with van der Waals surface area (Å²) in [4.78, 5) is 8.38. The van der Waals surface area contributed by atoms with E-state index in [0.717, 1.165) is 5.56 Å². The number of hydrogen-bond donors (Lipinski definition) is 0. The monoisotopic (exact) mass is 136 g/mol. The molecule has 0 aliphatic rings. The molecule has 0 saturated heterocycles. The van der Waals surface area contributed by atoms with Gasteiger partial charge in [0.15, 0.2) is 0 Å². The van der Waals surface area contributed by atoms with Crippen molar-refractivity contribution in [3.05, 3.63) is 30.1 Å². The first-order valence-corrected chi connectivity index (χ1v) is 2.90. The fourth-order valence-electron chi connectivity index (χ4n) is 0.566. The van der Waals surface area contributed by atoms with Crippen LogP contribution in [0.15, 0.2) is 29.7 Å². The Balaban J connectivity index is 2.67. The average molecular weight is 136 g/mol. The molecule has 0 unspecified atom stereocenters. The first kappa shape index (κ1) is 6.74. The highest BCUT2D eigenvalue weighted by Crippen LogP contribution is 1.89. The summed E-state index contributed by atoms with van der Waals surface area (Å²) in [5, 5.41) is 3.58. The topological polar surface area (TPSA) is 34.5 Å². The van der Waals surface area contributed by atoms with Gasteiger partial charge in [-0.15, -0.1) is 0 Å². The van der Waals surface area contributed by atoms with Gasteiger partial charge in [-0.1, -0.05) is 11.2 Å². The normalized spacial score (nSPS) is 10.1. The molecule has 1 heterocycles. The van der Waals surface area contributed by atoms with Gasteiger partial charge in [0.2, 0.25) is 0 Å². The molecular weight excluding hydrogens is 128 g/mol. The lowest BCUT2D eigenvalue weighted by molar-refractivity contribution is 0.215. The molecule has 0 aliphatic carbocycles. The van der Waals surface area contributed by atoms with Gasteiger partial charge in [0.05, 0.1) is 6.21 Å². The second-order valence-corrected chi connectivity index (χ2v) is 1.70. The van der Waals surface area contributed by atoms with E-state index in [1.807, 2.05) is 12.1 Å². The number of hydrogen-bond acceptors (Lipinski definition) is 3. The van der Waals surface area contributed by atoms with Crippen molar-refractivity contribution in [3.63, 3.8) is 0 Å². The zero-order chi connectivity index (χ0) is 7.23. The Morgan fingerprint density at radius 2 is 2.60 bits per heavy atom. The second-order valence-electron chi connectivity index (χ2n) is 1.70. The maximum atomic E-state index is 4.49. The van der Waals surface area contributed by atoms with Crippen LogP contribution in [0, 0.1) is 0 Å². The summed E-state index contributed by atoms with van der Waals surface area (Å²) in [6, 6.07) is 3.74. The van der Waals surface area contributed by atoms with E-state index < -0.39 is 0 Å². The van der Waals surface area contributed by atoms with Crippen molar-refractivity contribution in [2.45, 2.75) is 0 Å². The summed E-state index contributed by atoms with van der Waals surface area (Å²) in [6.45, 7) is 0. The lowest BCUT2D eigenvalue weighted by Gasteiger charge is -1.87. The van der Waals surface area contributed by atoms with Gasteiger partial charge in [-0.2, -0.15) is 0 Å². The standard InChI is InChI=1S/C7H8N2O/c1-10-9-6-7-3-2-4-8-5-7/h2-6H,1H3/b9-6+. The van der Waals surface area contributed by atoms with Gasteiger partial charge in [-0.3, -0.25) is 4.98 Å². The Morgan fingerprint density at radius 1 is 1.70 bits per heavy atom. The quantitative estimate of drug-likeness (QED) is 0.450. The highest BCUT2D eigenvalue weighted by molar-refractivity contribution is 5.78. The number of rotatable bonds is 2. The molecule has 0 saturated carbocycles. The van der Waals surface area contributed by atoms with E-state index >= 15 is 0 Å². The number of nitrogens with zero attached hydrogens (tertiary/aromatic N) is 2. The highest BCUT2D eigenvalue weighted by atomic mass is 16.6. The first-order valence-electron chi connectivity index (χ1n) is 2.90. The fourth-order valence-corrected chi connectivity index (χ4v) is 0.566. The third-order valence-corrected chi connectivity index (χ3v) is 0.992. The molecule has 10 heavy (non-hydrogen) atoms. The Morgan fingerprint density at radius 3 is 3.20 bits per heavy atom. The van der Waals surface area contributed by atoms with Crippen LogP contribution in [0.4, 0.5) is 0 Å². The smallest absolute Gasteiger partial charge is 0.106 e. The predicted octanol–water partition coefficient (Wildman–Crippen LogP) is 1.06. The van der Waals surface area contributed by atoms with E-state index in [1.165, 1.54) is 7.11 Å². The van der Waals surface area contributed by atoms with Crippen molar-refractivity contribution in [1.82, 2.24) is 4.98 Å². The first-order chi connectivity index (χ1) is 4.93. The van der Waals surface area contributed by atoms with E-state index in [0.29, 0.717) is 0 Å². The van der Waals surface area contributed by atoms with E-state index in [2.05, 4.69) is 15.0 Å². The van der Waals surface area contributed by atoms with Crippen LogP contribution in [-0.2, 0) is 4.84 Å². The zero-order valence-electron chi connectivity index (χ0n) is 5.69. The lowest BCUT2D eigenvalue weighted by atomic mass is 10.3. The Kier molecular flexibility index (Phi) is 2.43. The van der Waals surface area contributed by atoms with Gasteiger partial charge in [0.1, 0.15) is 7.11 Å². The number of pyridine rings is 1. The van der Waals surface area contributed by atoms with Crippen molar-refractivity contribution in [1.29, 1.82) is 0 Å². The molecule has 0 radical (unpaired) electrons. The lowest BCUT2D eigenvalue weighted by Crippen LogP contribution is -1.81. The molecule has 52 valence electrons. The minimum absolute atomic E-state index is 0.935. The SMILES string of the molecule is CO/N=C/c1cccnc1. The average Bonchev–Trinajstić information content (AvgIpc) is 2.03. The van der Waals surface area contributed by atoms with Crippen molar-refractivity contribution in [3.8, 4) is 0 Å². The van der Waals surface area contributed by atoms with Gasteiger partial charge in [-0.25, -0.2) is 0 Å². The minimum Gasteiger partial charge on any atom is -0.399 e. The largest absolute Gasteiger partial charge is 0.399 e. The van der Waals surface area contributed by atoms with Gasteiger partial charge < -0.3 is 4.84 Å². The maximum absolute atomic E-state index is 4.49. The number of aromatic nitrogens is 1. The second kappa shape index (κ2) is 3.61. The third-order valence-electron chi connectivity index (χ3n) is 0.992. The van der Waals surface area contributed by atoms with E-state index in [1.54, 1.807) is 18.6 Å². The fraction of sp³-hybridized carbons (Fsp3) is 0.143. The van der Waals surface area contributed by atoms with Crippen molar-refractivity contribution in [2.24, 2.45) is 5.16 Å². The zero-order valence-corrected chi connectivity index (χ0v) is 5.69. The molecule has 1 rings (SSSR count). The Labute approximate surface area is 59.3 Å². The molecule has 0 bridgehead atoms. The molecule has 3 heteroatoms. The summed E-state index contributed by atoms with van der Waals surface area (Å²) >= 11 is 0. The Bertz CT molecular complexity index is 208. The molecule has 0 amide bonds. The van der Waals surface area contributed by atoms with Gasteiger partial charge >= 0.3 is 0 Å².